The van der Waals surface area contributed by atoms with Gasteiger partial charge in [-0.3, -0.25) is 0 Å². The summed E-state index contributed by atoms with van der Waals surface area (Å²) >= 11 is 0. The summed E-state index contributed by atoms with van der Waals surface area (Å²) in [6.45, 7) is 32.0. The van der Waals surface area contributed by atoms with E-state index < -0.39 is 0 Å². The van der Waals surface area contributed by atoms with Crippen molar-refractivity contribution in [1.82, 2.24) is 15.8 Å². The first-order valence-electron chi connectivity index (χ1n) is 25.4. The van der Waals surface area contributed by atoms with Gasteiger partial charge in [0, 0.05) is 25.0 Å². The number of hydrogen-bond acceptors (Lipinski definition) is 5. The summed E-state index contributed by atoms with van der Waals surface area (Å²) < 4.78 is 6.01. The lowest BCUT2D eigenvalue weighted by Gasteiger charge is -2.22. The molecule has 3 N–H and O–H groups in total. The Hall–Kier alpha value is -4.97. The molecule has 5 heteroatoms. The first-order chi connectivity index (χ1) is 32.1. The number of aromatic nitrogens is 1. The third kappa shape index (κ3) is 25.1. The largest absolute Gasteiger partial charge is 0.377 e. The highest BCUT2D eigenvalue weighted by Gasteiger charge is 2.14. The van der Waals surface area contributed by atoms with E-state index in [1.165, 1.54) is 102 Å². The molecule has 0 aliphatic rings. The molecule has 5 aromatic rings. The molecule has 0 bridgehead atoms. The Balaban J connectivity index is 0.000000528. The number of allylic oxidation sites excluding steroid dienone is 2. The van der Waals surface area contributed by atoms with Crippen molar-refractivity contribution in [3.8, 4) is 11.1 Å². The molecule has 0 saturated heterocycles. The molecule has 1 atom stereocenters. The summed E-state index contributed by atoms with van der Waals surface area (Å²) in [5.74, 6) is 1.81. The summed E-state index contributed by atoms with van der Waals surface area (Å²) in [6.07, 6.45) is 21.9. The Morgan fingerprint density at radius 3 is 2.02 bits per heavy atom. The van der Waals surface area contributed by atoms with Gasteiger partial charge in [0.05, 0.1) is 12.6 Å². The Morgan fingerprint density at radius 2 is 1.41 bits per heavy atom. The van der Waals surface area contributed by atoms with Crippen molar-refractivity contribution in [2.24, 2.45) is 5.92 Å². The maximum Gasteiger partial charge on any atom is 0.126 e. The summed E-state index contributed by atoms with van der Waals surface area (Å²) in [6, 6.07) is 36.6. The van der Waals surface area contributed by atoms with Gasteiger partial charge >= 0.3 is 0 Å². The fraction of sp³-hybridized carbons (Fsp3) is 0.459. The second kappa shape index (κ2) is 36.2. The fourth-order valence-electron chi connectivity index (χ4n) is 7.44. The molecule has 1 unspecified atom stereocenters. The number of pyridine rings is 1. The third-order valence-electron chi connectivity index (χ3n) is 11.2. The van der Waals surface area contributed by atoms with Gasteiger partial charge in [-0.15, -0.1) is 13.2 Å². The second-order valence-corrected chi connectivity index (χ2v) is 18.1. The number of ether oxygens (including phenoxy) is 1. The number of unbranched alkanes of at least 4 members (excludes halogenated alkanes) is 6. The average Bonchev–Trinajstić information content (AvgIpc) is 3.32. The summed E-state index contributed by atoms with van der Waals surface area (Å²) in [7, 11) is 0. The van der Waals surface area contributed by atoms with Crippen LogP contribution < -0.4 is 16.2 Å². The van der Waals surface area contributed by atoms with Gasteiger partial charge in [0.2, 0.25) is 0 Å². The number of hydrazine groups is 1. The van der Waals surface area contributed by atoms with Crippen molar-refractivity contribution >= 4 is 16.6 Å². The van der Waals surface area contributed by atoms with Crippen LogP contribution in [0.2, 0.25) is 0 Å². The first-order valence-corrected chi connectivity index (χ1v) is 25.4. The van der Waals surface area contributed by atoms with Crippen molar-refractivity contribution < 1.29 is 4.74 Å². The molecule has 4 aromatic carbocycles. The lowest BCUT2D eigenvalue weighted by molar-refractivity contribution is 0.118. The van der Waals surface area contributed by atoms with Crippen molar-refractivity contribution in [3.63, 3.8) is 0 Å². The summed E-state index contributed by atoms with van der Waals surface area (Å²) in [5, 5.41) is 5.90. The second-order valence-electron chi connectivity index (χ2n) is 18.1. The predicted molar refractivity (Wildman–Crippen MR) is 292 cm³/mol. The number of rotatable bonds is 27. The molecule has 5 nitrogen and oxygen atoms in total. The van der Waals surface area contributed by atoms with Crippen LogP contribution >= 0.6 is 0 Å². The zero-order valence-corrected chi connectivity index (χ0v) is 42.8. The molecule has 5 rings (SSSR count). The van der Waals surface area contributed by atoms with Crippen LogP contribution in [0.25, 0.3) is 21.9 Å². The van der Waals surface area contributed by atoms with Crippen LogP contribution in [0.1, 0.15) is 167 Å². The zero-order valence-electron chi connectivity index (χ0n) is 42.8. The van der Waals surface area contributed by atoms with E-state index in [4.69, 9.17) is 4.74 Å². The Labute approximate surface area is 404 Å². The van der Waals surface area contributed by atoms with E-state index in [9.17, 15) is 0 Å². The molecule has 360 valence electrons. The molecule has 0 amide bonds. The van der Waals surface area contributed by atoms with Crippen LogP contribution in [0.5, 0.6) is 0 Å². The van der Waals surface area contributed by atoms with Crippen LogP contribution in [0, 0.1) is 12.8 Å². The number of nitrogens with zero attached hydrogens (tertiary/aromatic N) is 1. The highest BCUT2D eigenvalue weighted by atomic mass is 16.5. The van der Waals surface area contributed by atoms with Crippen molar-refractivity contribution in [1.29, 1.82) is 0 Å². The normalized spacial score (nSPS) is 11.0. The number of nitrogens with one attached hydrogen (secondary N) is 3. The van der Waals surface area contributed by atoms with Crippen molar-refractivity contribution in [2.75, 3.05) is 18.5 Å². The number of hydrogen-bond donors (Lipinski definition) is 3. The van der Waals surface area contributed by atoms with Gasteiger partial charge in [-0.05, 0) is 115 Å². The molecule has 0 fully saturated rings. The van der Waals surface area contributed by atoms with Gasteiger partial charge in [0.15, 0.2) is 0 Å². The highest BCUT2D eigenvalue weighted by Crippen LogP contribution is 2.32. The van der Waals surface area contributed by atoms with Gasteiger partial charge < -0.3 is 15.5 Å². The smallest absolute Gasteiger partial charge is 0.126 e. The van der Waals surface area contributed by atoms with Gasteiger partial charge in [0.1, 0.15) is 5.82 Å². The minimum Gasteiger partial charge on any atom is -0.377 e. The minimum absolute atomic E-state index is 0.0851. The van der Waals surface area contributed by atoms with Crippen molar-refractivity contribution in [2.45, 2.75) is 164 Å². The Kier molecular flexibility index (Phi) is 31.3. The van der Waals surface area contributed by atoms with Crippen LogP contribution in [0.15, 0.2) is 146 Å². The molecule has 66 heavy (non-hydrogen) atoms. The van der Waals surface area contributed by atoms with Gasteiger partial charge in [-0.25, -0.2) is 10.4 Å². The Morgan fingerprint density at radius 1 is 0.742 bits per heavy atom. The third-order valence-corrected chi connectivity index (χ3v) is 11.2. The fourth-order valence-corrected chi connectivity index (χ4v) is 7.44. The molecule has 1 heterocycles. The molecule has 0 aliphatic carbocycles. The van der Waals surface area contributed by atoms with Gasteiger partial charge in [0.25, 0.3) is 0 Å². The van der Waals surface area contributed by atoms with E-state index in [0.717, 1.165) is 74.7 Å². The summed E-state index contributed by atoms with van der Waals surface area (Å²) in [5.41, 5.74) is 16.4. The van der Waals surface area contributed by atoms with Gasteiger partial charge in [-0.1, -0.05) is 209 Å². The van der Waals surface area contributed by atoms with Gasteiger partial charge in [-0.2, -0.15) is 0 Å². The zero-order chi connectivity index (χ0) is 48.2. The van der Waals surface area contributed by atoms with E-state index in [1.807, 2.05) is 24.4 Å². The Bertz CT molecular complexity index is 2020. The average molecular weight is 895 g/mol. The molecular formula is C61H90N4O. The van der Waals surface area contributed by atoms with Crippen LogP contribution in [-0.4, -0.2) is 18.1 Å². The lowest BCUT2D eigenvalue weighted by Crippen LogP contribution is -2.34. The highest BCUT2D eigenvalue weighted by molar-refractivity contribution is 5.98. The molecule has 0 saturated carbocycles. The topological polar surface area (TPSA) is 58.2 Å². The molecule has 0 aliphatic heterocycles. The molecular weight excluding hydrogens is 805 g/mol. The van der Waals surface area contributed by atoms with E-state index in [1.54, 1.807) is 0 Å². The number of benzene rings is 4. The van der Waals surface area contributed by atoms with Crippen LogP contribution in [0.3, 0.4) is 0 Å². The number of aryl methyl sites for hydroxylation is 2. The molecule has 0 spiro atoms. The van der Waals surface area contributed by atoms with E-state index in [0.29, 0.717) is 6.61 Å². The number of anilines is 1. The van der Waals surface area contributed by atoms with Crippen LogP contribution in [-0.2, 0) is 17.8 Å². The number of fused-ring (bicyclic) bond motifs is 1. The SMILES string of the molecule is C=C(C)CC(NNC(=C)CCCNc1cc(C)ccn1)c1ccc(-c2ccc(COCCCCC)c3ccccc23)cc1.C=CCCc1ccccc1.CCCC(C)C.CCCCCCC. The van der Waals surface area contributed by atoms with E-state index >= 15 is 0 Å². The molecule has 1 aromatic heterocycles. The molecule has 0 radical (unpaired) electrons. The van der Waals surface area contributed by atoms with Crippen LogP contribution in [0.4, 0.5) is 5.82 Å². The quantitative estimate of drug-likeness (QED) is 0.0279. The predicted octanol–water partition coefficient (Wildman–Crippen LogP) is 17.6. The maximum absolute atomic E-state index is 6.01. The van der Waals surface area contributed by atoms with E-state index in [-0.39, 0.29) is 6.04 Å². The first kappa shape index (κ1) is 57.2. The monoisotopic (exact) mass is 895 g/mol. The lowest BCUT2D eigenvalue weighted by atomic mass is 9.93. The van der Waals surface area contributed by atoms with Crippen molar-refractivity contribution in [3.05, 3.63) is 169 Å². The standard InChI is InChI=1S/C38H48N4O.C10H12.C7H16.C6H14/c1-6-7-10-24-43-27-33-19-20-35(36-14-9-8-13-34(33)36)31-15-17-32(18-16-31)37(25-28(2)3)42-41-30(5)12-11-22-39-38-26-29(4)21-23-40-38;1-2-3-7-10-8-5-4-6-9-10;1-3-5-7-6-4-2;1-4-5-6(2)3/h8-9,13-21,23,26,37,41-42H,2,5-7,10-12,22,24-25,27H2,1,3-4H3,(H,39,40);2,4-6,8-9H,1,3,7H2;3-7H2,1-2H3;6H,4-5H2,1-3H3. The maximum atomic E-state index is 6.01. The summed E-state index contributed by atoms with van der Waals surface area (Å²) in [4.78, 5) is 4.36. The minimum atomic E-state index is 0.0851. The van der Waals surface area contributed by atoms with E-state index in [2.05, 4.69) is 187 Å².